The number of rotatable bonds is 6. The number of anilines is 1. The van der Waals surface area contributed by atoms with Gasteiger partial charge in [0, 0.05) is 15.2 Å². The molecular formula is C30H23Br2NO5. The maximum Gasteiger partial charge on any atom is 0.338 e. The molecule has 3 aliphatic rings. The molecule has 2 saturated carbocycles. The minimum absolute atomic E-state index is 0.108. The number of hydrogen-bond donors (Lipinski definition) is 0. The van der Waals surface area contributed by atoms with E-state index in [4.69, 9.17) is 4.74 Å². The maximum atomic E-state index is 13.3. The molecule has 0 unspecified atom stereocenters. The van der Waals surface area contributed by atoms with Gasteiger partial charge < -0.3 is 4.74 Å². The van der Waals surface area contributed by atoms with Crippen molar-refractivity contribution in [2.24, 2.45) is 23.7 Å². The highest BCUT2D eigenvalue weighted by Crippen LogP contribution is 2.60. The highest BCUT2D eigenvalue weighted by molar-refractivity contribution is 9.12. The first-order valence-corrected chi connectivity index (χ1v) is 14.3. The number of fused-ring (bicyclic) bond motifs is 5. The molecule has 0 N–H and O–H groups in total. The number of imide groups is 1. The zero-order valence-corrected chi connectivity index (χ0v) is 23.3. The lowest BCUT2D eigenvalue weighted by Crippen LogP contribution is -2.37. The lowest BCUT2D eigenvalue weighted by Gasteiger charge is -2.28. The molecule has 2 aliphatic carbocycles. The maximum absolute atomic E-state index is 13.3. The Hall–Kier alpha value is -3.10. The van der Waals surface area contributed by atoms with Crippen LogP contribution in [0, 0.1) is 23.7 Å². The minimum Gasteiger partial charge on any atom is -0.454 e. The van der Waals surface area contributed by atoms with Crippen LogP contribution in [0.5, 0.6) is 0 Å². The summed E-state index contributed by atoms with van der Waals surface area (Å²) in [6.07, 6.45) is 0.849. The van der Waals surface area contributed by atoms with E-state index in [-0.39, 0.29) is 56.5 Å². The second-order valence-corrected chi connectivity index (χ2v) is 12.1. The van der Waals surface area contributed by atoms with Crippen LogP contribution in [0.2, 0.25) is 0 Å². The lowest BCUT2D eigenvalue weighted by atomic mass is 9.81. The van der Waals surface area contributed by atoms with Gasteiger partial charge >= 0.3 is 5.97 Å². The van der Waals surface area contributed by atoms with Gasteiger partial charge in [0.15, 0.2) is 12.4 Å². The summed E-state index contributed by atoms with van der Waals surface area (Å²) >= 11 is 7.39. The number of Topliss-reactive ketones (excluding diaryl/α,β-unsaturated/α-hetero) is 1. The summed E-state index contributed by atoms with van der Waals surface area (Å²) in [6, 6.07) is 23.2. The average Bonchev–Trinajstić information content (AvgIpc) is 3.56. The Bertz CT molecular complexity index is 1410. The molecule has 1 aliphatic heterocycles. The molecule has 3 aromatic rings. The van der Waals surface area contributed by atoms with E-state index in [1.165, 1.54) is 11.0 Å². The van der Waals surface area contributed by atoms with E-state index in [2.05, 4.69) is 31.9 Å². The summed E-state index contributed by atoms with van der Waals surface area (Å²) in [6.45, 7) is -0.415. The summed E-state index contributed by atoms with van der Waals surface area (Å²) in [5, 5.41) is 0. The Morgan fingerprint density at radius 2 is 1.37 bits per heavy atom. The van der Waals surface area contributed by atoms with Crippen LogP contribution in [-0.2, 0) is 14.3 Å². The molecule has 3 aromatic carbocycles. The van der Waals surface area contributed by atoms with Crippen molar-refractivity contribution in [1.82, 2.24) is 0 Å². The van der Waals surface area contributed by atoms with Gasteiger partial charge in [0.05, 0.1) is 23.1 Å². The van der Waals surface area contributed by atoms with Gasteiger partial charge in [-0.3, -0.25) is 19.3 Å². The topological polar surface area (TPSA) is 80.8 Å². The molecule has 6 rings (SSSR count). The number of carbonyl (C=O) groups is 4. The van der Waals surface area contributed by atoms with Gasteiger partial charge in [0.1, 0.15) is 0 Å². The predicted octanol–water partition coefficient (Wildman–Crippen LogP) is 5.68. The second-order valence-electron chi connectivity index (χ2n) is 10.0. The van der Waals surface area contributed by atoms with Gasteiger partial charge in [-0.2, -0.15) is 0 Å². The van der Waals surface area contributed by atoms with Crippen LogP contribution >= 0.6 is 31.9 Å². The number of esters is 1. The molecule has 0 aromatic heterocycles. The van der Waals surface area contributed by atoms with E-state index in [0.29, 0.717) is 11.3 Å². The fourth-order valence-corrected chi connectivity index (χ4v) is 8.03. The lowest BCUT2D eigenvalue weighted by molar-refractivity contribution is -0.123. The van der Waals surface area contributed by atoms with Crippen molar-refractivity contribution < 1.29 is 23.9 Å². The number of alkyl halides is 2. The number of ether oxygens (including phenoxy) is 1. The number of carbonyl (C=O) groups excluding carboxylic acids is 4. The summed E-state index contributed by atoms with van der Waals surface area (Å²) in [7, 11) is 0. The van der Waals surface area contributed by atoms with Gasteiger partial charge in [0.25, 0.3) is 0 Å². The van der Waals surface area contributed by atoms with E-state index >= 15 is 0 Å². The molecule has 1 saturated heterocycles. The third-order valence-corrected chi connectivity index (χ3v) is 11.2. The molecule has 8 heteroatoms. The molecule has 6 atom stereocenters. The zero-order valence-electron chi connectivity index (χ0n) is 20.1. The molecule has 0 spiro atoms. The van der Waals surface area contributed by atoms with Gasteiger partial charge in [0.2, 0.25) is 11.8 Å². The number of ketones is 1. The number of halogens is 2. The second kappa shape index (κ2) is 9.89. The normalized spacial score (nSPS) is 27.5. The van der Waals surface area contributed by atoms with Crippen molar-refractivity contribution in [3.8, 4) is 11.1 Å². The number of benzene rings is 3. The average molecular weight is 637 g/mol. The summed E-state index contributed by atoms with van der Waals surface area (Å²) in [5.41, 5.74) is 2.99. The van der Waals surface area contributed by atoms with Crippen molar-refractivity contribution in [2.45, 2.75) is 16.1 Å². The van der Waals surface area contributed by atoms with Crippen LogP contribution in [0.1, 0.15) is 27.1 Å². The van der Waals surface area contributed by atoms with Crippen LogP contribution in [0.3, 0.4) is 0 Å². The molecule has 2 amide bonds. The molecule has 1 heterocycles. The van der Waals surface area contributed by atoms with E-state index in [1.807, 2.05) is 42.5 Å². The third kappa shape index (κ3) is 4.14. The van der Waals surface area contributed by atoms with Gasteiger partial charge in [-0.25, -0.2) is 4.79 Å². The van der Waals surface area contributed by atoms with Crippen LogP contribution in [0.25, 0.3) is 11.1 Å². The standard InChI is InChI=1S/C30H23Br2NO5/c31-26-21-14-22(27(26)32)25-24(21)28(35)33(29(25)36)20-8-4-7-19(13-20)30(37)38-15-23(34)18-11-9-17(10-12-18)16-5-2-1-3-6-16/h1-13,21-22,24-27H,14-15H2/t21-,22-,24-,25+,26-,27+/m0/s1. The van der Waals surface area contributed by atoms with Crippen LogP contribution in [-0.4, -0.2) is 39.8 Å². The number of amides is 2. The van der Waals surface area contributed by atoms with Crippen LogP contribution < -0.4 is 4.90 Å². The van der Waals surface area contributed by atoms with Crippen LogP contribution in [0.4, 0.5) is 5.69 Å². The van der Waals surface area contributed by atoms with Gasteiger partial charge in [-0.05, 0) is 47.6 Å². The largest absolute Gasteiger partial charge is 0.454 e. The van der Waals surface area contributed by atoms with E-state index in [0.717, 1.165) is 17.5 Å². The van der Waals surface area contributed by atoms with Crippen molar-refractivity contribution in [1.29, 1.82) is 0 Å². The Morgan fingerprint density at radius 3 is 2.00 bits per heavy atom. The molecule has 192 valence electrons. The highest BCUT2D eigenvalue weighted by atomic mass is 79.9. The van der Waals surface area contributed by atoms with E-state index < -0.39 is 12.6 Å². The van der Waals surface area contributed by atoms with Crippen molar-refractivity contribution >= 4 is 61.1 Å². The smallest absolute Gasteiger partial charge is 0.338 e. The highest BCUT2D eigenvalue weighted by Gasteiger charge is 2.66. The Labute approximate surface area is 236 Å². The first kappa shape index (κ1) is 25.2. The number of hydrogen-bond acceptors (Lipinski definition) is 5. The SMILES string of the molecule is O=C(COC(=O)c1cccc(N2C(=O)[C@@H]3[C@@H]4C[C@H]([C@H](Br)[C@@H]4Br)[C@@H]3C2=O)c1)c1ccc(-c2ccccc2)cc1. The molecule has 6 nitrogen and oxygen atoms in total. The van der Waals surface area contributed by atoms with Gasteiger partial charge in [-0.15, -0.1) is 0 Å². The zero-order chi connectivity index (χ0) is 26.6. The Balaban J connectivity index is 1.13. The monoisotopic (exact) mass is 635 g/mol. The van der Waals surface area contributed by atoms with E-state index in [1.54, 1.807) is 30.3 Å². The molecule has 3 fully saturated rings. The van der Waals surface area contributed by atoms with Gasteiger partial charge in [-0.1, -0.05) is 92.5 Å². The minimum atomic E-state index is -0.693. The summed E-state index contributed by atoms with van der Waals surface area (Å²) in [4.78, 5) is 53.6. The molecular weight excluding hydrogens is 614 g/mol. The molecule has 0 radical (unpaired) electrons. The number of nitrogens with zero attached hydrogens (tertiary/aromatic N) is 1. The fourth-order valence-electron chi connectivity index (χ4n) is 6.15. The van der Waals surface area contributed by atoms with Crippen molar-refractivity contribution in [3.05, 3.63) is 90.0 Å². The first-order valence-electron chi connectivity index (χ1n) is 12.5. The fraction of sp³-hybridized carbons (Fsp3) is 0.267. The van der Waals surface area contributed by atoms with Crippen molar-refractivity contribution in [3.63, 3.8) is 0 Å². The molecule has 38 heavy (non-hydrogen) atoms. The molecule has 2 bridgehead atoms. The predicted molar refractivity (Wildman–Crippen MR) is 149 cm³/mol. The quantitative estimate of drug-likeness (QED) is 0.151. The summed E-state index contributed by atoms with van der Waals surface area (Å²) in [5.74, 6) is -1.91. The Kier molecular flexibility index (Phi) is 6.56. The third-order valence-electron chi connectivity index (χ3n) is 7.98. The Morgan fingerprint density at radius 1 is 0.763 bits per heavy atom. The summed E-state index contributed by atoms with van der Waals surface area (Å²) < 4.78 is 5.29. The van der Waals surface area contributed by atoms with Crippen LogP contribution in [0.15, 0.2) is 78.9 Å². The first-order chi connectivity index (χ1) is 18.3. The van der Waals surface area contributed by atoms with E-state index in [9.17, 15) is 19.2 Å². The van der Waals surface area contributed by atoms with Crippen molar-refractivity contribution in [2.75, 3.05) is 11.5 Å².